The predicted octanol–water partition coefficient (Wildman–Crippen LogP) is 8.83. The second-order valence-corrected chi connectivity index (χ2v) is 14.4. The van der Waals surface area contributed by atoms with Crippen LogP contribution in [0, 0.1) is 0 Å². The van der Waals surface area contributed by atoms with Crippen molar-refractivity contribution in [3.63, 3.8) is 0 Å². The molecule has 10 nitrogen and oxygen atoms in total. The number of rotatable bonds is 34. The molecule has 4 N–H and O–H groups in total. The third-order valence-electron chi connectivity index (χ3n) is 9.33. The molecule has 1 heterocycles. The smallest absolute Gasteiger partial charge is 0.306 e. The number of allylic oxidation sites excluding steroid dienone is 12. The number of unbranched alkanes of at least 4 members (excludes halogenated alkanes) is 11. The summed E-state index contributed by atoms with van der Waals surface area (Å²) in [5.41, 5.74) is 0. The third-order valence-corrected chi connectivity index (χ3v) is 9.33. The van der Waals surface area contributed by atoms with Gasteiger partial charge in [0.25, 0.3) is 0 Å². The first-order valence-corrected chi connectivity index (χ1v) is 21.5. The summed E-state index contributed by atoms with van der Waals surface area (Å²) < 4.78 is 22.1. The Hall–Kier alpha value is -2.86. The van der Waals surface area contributed by atoms with Crippen LogP contribution in [-0.4, -0.2) is 89.0 Å². The van der Waals surface area contributed by atoms with Crippen molar-refractivity contribution in [2.45, 2.75) is 185 Å². The molecule has 1 aliphatic rings. The van der Waals surface area contributed by atoms with Gasteiger partial charge in [-0.2, -0.15) is 0 Å². The highest BCUT2D eigenvalue weighted by atomic mass is 16.7. The van der Waals surface area contributed by atoms with Crippen molar-refractivity contribution >= 4 is 11.9 Å². The molecular weight excluding hydrogens is 712 g/mol. The second kappa shape index (κ2) is 36.5. The van der Waals surface area contributed by atoms with E-state index in [-0.39, 0.29) is 26.1 Å². The standard InChI is InChI=1S/C46H76O10/c1-3-5-7-9-11-13-15-17-18-19-20-21-22-23-25-27-29-31-33-35-42(49)55-39(38-54-46-45(52)44(51)43(50)40(36-47)56-46)37-53-41(48)34-32-30-28-26-24-16-14-12-10-8-6-4-2/h5,7,11-14,17-18,20-21,23,25,39-40,43-47,50-52H,3-4,6,8-10,15-16,19,22,24,26-38H2,1-2H3/b7-5+,13-11+,14-12+,18-17+,21-20+,25-23+/t39-,40-,43+,44?,45?,46-/m1/s1. The summed E-state index contributed by atoms with van der Waals surface area (Å²) in [4.78, 5) is 25.3. The molecule has 1 rings (SSSR count). The minimum Gasteiger partial charge on any atom is -0.462 e. The number of carbonyl (C=O) groups excluding carboxylic acids is 2. The van der Waals surface area contributed by atoms with E-state index in [0.29, 0.717) is 12.8 Å². The predicted molar refractivity (Wildman–Crippen MR) is 224 cm³/mol. The topological polar surface area (TPSA) is 152 Å². The lowest BCUT2D eigenvalue weighted by molar-refractivity contribution is -0.305. The molecule has 1 saturated heterocycles. The van der Waals surface area contributed by atoms with Gasteiger partial charge in [0.15, 0.2) is 12.4 Å². The molecule has 0 aromatic carbocycles. The lowest BCUT2D eigenvalue weighted by Gasteiger charge is -2.39. The summed E-state index contributed by atoms with van der Waals surface area (Å²) in [7, 11) is 0. The van der Waals surface area contributed by atoms with E-state index in [2.05, 4.69) is 86.8 Å². The van der Waals surface area contributed by atoms with Gasteiger partial charge in [-0.05, 0) is 83.5 Å². The Morgan fingerprint density at radius 3 is 1.62 bits per heavy atom. The molecule has 0 spiro atoms. The summed E-state index contributed by atoms with van der Waals surface area (Å²) in [6.07, 6.45) is 37.6. The molecule has 1 aliphatic heterocycles. The summed E-state index contributed by atoms with van der Waals surface area (Å²) in [5.74, 6) is -0.863. The van der Waals surface area contributed by atoms with Gasteiger partial charge in [-0.25, -0.2) is 0 Å². The Kier molecular flexibility index (Phi) is 33.3. The van der Waals surface area contributed by atoms with E-state index >= 15 is 0 Å². The lowest BCUT2D eigenvalue weighted by Crippen LogP contribution is -2.59. The van der Waals surface area contributed by atoms with Gasteiger partial charge in [-0.15, -0.1) is 0 Å². The number of hydrogen-bond donors (Lipinski definition) is 4. The average Bonchev–Trinajstić information content (AvgIpc) is 3.19. The Morgan fingerprint density at radius 1 is 0.571 bits per heavy atom. The van der Waals surface area contributed by atoms with Crippen LogP contribution < -0.4 is 0 Å². The van der Waals surface area contributed by atoms with E-state index in [4.69, 9.17) is 18.9 Å². The van der Waals surface area contributed by atoms with Crippen LogP contribution in [0.5, 0.6) is 0 Å². The van der Waals surface area contributed by atoms with Gasteiger partial charge >= 0.3 is 11.9 Å². The number of aliphatic hydroxyl groups is 4. The molecule has 56 heavy (non-hydrogen) atoms. The fourth-order valence-corrected chi connectivity index (χ4v) is 5.91. The van der Waals surface area contributed by atoms with Crippen molar-refractivity contribution in [1.82, 2.24) is 0 Å². The molecule has 10 heteroatoms. The minimum atomic E-state index is -1.61. The zero-order chi connectivity index (χ0) is 40.9. The van der Waals surface area contributed by atoms with Crippen LogP contribution in [0.1, 0.15) is 149 Å². The number of esters is 2. The fourth-order valence-electron chi connectivity index (χ4n) is 5.91. The highest BCUT2D eigenvalue weighted by Crippen LogP contribution is 2.22. The van der Waals surface area contributed by atoms with Crippen LogP contribution in [0.15, 0.2) is 72.9 Å². The molecule has 6 atom stereocenters. The van der Waals surface area contributed by atoms with E-state index in [9.17, 15) is 30.0 Å². The normalized spacial score (nSPS) is 21.1. The molecule has 0 radical (unpaired) electrons. The molecule has 2 unspecified atom stereocenters. The van der Waals surface area contributed by atoms with E-state index in [1.807, 2.05) is 0 Å². The van der Waals surface area contributed by atoms with E-state index in [0.717, 1.165) is 89.9 Å². The highest BCUT2D eigenvalue weighted by molar-refractivity contribution is 5.70. The number of aliphatic hydroxyl groups excluding tert-OH is 4. The molecule has 0 saturated carbocycles. The molecule has 0 bridgehead atoms. The summed E-state index contributed by atoms with van der Waals surface area (Å²) >= 11 is 0. The van der Waals surface area contributed by atoms with Gasteiger partial charge in [0.2, 0.25) is 0 Å². The van der Waals surface area contributed by atoms with Gasteiger partial charge in [-0.1, -0.05) is 125 Å². The molecule has 320 valence electrons. The van der Waals surface area contributed by atoms with Gasteiger partial charge in [0, 0.05) is 12.8 Å². The molecule has 0 amide bonds. The Morgan fingerprint density at radius 2 is 1.05 bits per heavy atom. The molecular formula is C46H76O10. The Balaban J connectivity index is 2.39. The first-order chi connectivity index (χ1) is 27.3. The molecule has 1 fully saturated rings. The van der Waals surface area contributed by atoms with Crippen LogP contribution in [0.4, 0.5) is 0 Å². The minimum absolute atomic E-state index is 0.185. The van der Waals surface area contributed by atoms with Crippen LogP contribution in [-0.2, 0) is 28.5 Å². The number of hydrogen-bond acceptors (Lipinski definition) is 10. The van der Waals surface area contributed by atoms with Gasteiger partial charge in [0.05, 0.1) is 13.2 Å². The van der Waals surface area contributed by atoms with Crippen molar-refractivity contribution in [3.8, 4) is 0 Å². The van der Waals surface area contributed by atoms with Crippen molar-refractivity contribution < 1.29 is 49.0 Å². The summed E-state index contributed by atoms with van der Waals surface area (Å²) in [5, 5.41) is 40.0. The monoisotopic (exact) mass is 789 g/mol. The maximum Gasteiger partial charge on any atom is 0.306 e. The Bertz CT molecular complexity index is 1140. The Labute approximate surface area is 338 Å². The van der Waals surface area contributed by atoms with E-state index in [1.165, 1.54) is 19.3 Å². The van der Waals surface area contributed by atoms with Gasteiger partial charge < -0.3 is 39.4 Å². The summed E-state index contributed by atoms with van der Waals surface area (Å²) in [6.45, 7) is 3.22. The zero-order valence-electron chi connectivity index (χ0n) is 34.6. The maximum absolute atomic E-state index is 12.7. The second-order valence-electron chi connectivity index (χ2n) is 14.4. The van der Waals surface area contributed by atoms with Crippen LogP contribution >= 0.6 is 0 Å². The highest BCUT2D eigenvalue weighted by Gasteiger charge is 2.44. The van der Waals surface area contributed by atoms with Crippen molar-refractivity contribution in [2.24, 2.45) is 0 Å². The third kappa shape index (κ3) is 27.7. The molecule has 0 aromatic heterocycles. The number of ether oxygens (including phenoxy) is 4. The average molecular weight is 789 g/mol. The molecule has 0 aromatic rings. The maximum atomic E-state index is 12.7. The first-order valence-electron chi connectivity index (χ1n) is 21.5. The van der Waals surface area contributed by atoms with Crippen LogP contribution in [0.2, 0.25) is 0 Å². The zero-order valence-corrected chi connectivity index (χ0v) is 34.6. The molecule has 0 aliphatic carbocycles. The van der Waals surface area contributed by atoms with Crippen molar-refractivity contribution in [2.75, 3.05) is 19.8 Å². The van der Waals surface area contributed by atoms with Crippen LogP contribution in [0.25, 0.3) is 0 Å². The largest absolute Gasteiger partial charge is 0.462 e. The van der Waals surface area contributed by atoms with Gasteiger partial charge in [0.1, 0.15) is 31.0 Å². The van der Waals surface area contributed by atoms with E-state index in [1.54, 1.807) is 0 Å². The first kappa shape index (κ1) is 51.2. The SMILES string of the molecule is CC/C=C/C/C=C/C/C=C/C/C=C/C/C=C/CCCCCC(=O)O[C@H](COC(=O)CCCCCCC/C=C/CCCCC)CO[C@@H]1O[C@H](CO)[C@H](O)C(O)C1O. The van der Waals surface area contributed by atoms with Crippen LogP contribution in [0.3, 0.4) is 0 Å². The van der Waals surface area contributed by atoms with Gasteiger partial charge in [-0.3, -0.25) is 9.59 Å². The number of carbonyl (C=O) groups is 2. The van der Waals surface area contributed by atoms with E-state index < -0.39 is 55.4 Å². The fraction of sp³-hybridized carbons (Fsp3) is 0.696. The van der Waals surface area contributed by atoms with Crippen molar-refractivity contribution in [3.05, 3.63) is 72.9 Å². The van der Waals surface area contributed by atoms with Crippen molar-refractivity contribution in [1.29, 1.82) is 0 Å². The lowest BCUT2D eigenvalue weighted by atomic mass is 9.99. The summed E-state index contributed by atoms with van der Waals surface area (Å²) in [6, 6.07) is 0. The quantitative estimate of drug-likeness (QED) is 0.0283.